The molecule has 1 aromatic carbocycles. The van der Waals surface area contributed by atoms with E-state index in [1.54, 1.807) is 24.3 Å². The summed E-state index contributed by atoms with van der Waals surface area (Å²) < 4.78 is 4.54. The third kappa shape index (κ3) is 2.15. The van der Waals surface area contributed by atoms with Gasteiger partial charge in [-0.05, 0) is 0 Å². The first-order valence-electron chi connectivity index (χ1n) is 5.44. The zero-order valence-electron chi connectivity index (χ0n) is 10.1. The van der Waals surface area contributed by atoms with Crippen molar-refractivity contribution in [2.75, 3.05) is 12.8 Å². The van der Waals surface area contributed by atoms with Crippen LogP contribution in [0.3, 0.4) is 0 Å². The summed E-state index contributed by atoms with van der Waals surface area (Å²) in [6, 6.07) is 8.91. The number of carboxylic acids is 1. The standard InChI is InChI=1S/C13H12N2O4/c1-19-13(18)11-8(12(16)17)9(14)10(15-11)7-5-3-2-4-6-7/h2-6,15H,14H2,1H3,(H,16,17). The van der Waals surface area contributed by atoms with Crippen LogP contribution >= 0.6 is 0 Å². The van der Waals surface area contributed by atoms with Crippen LogP contribution in [-0.2, 0) is 4.74 Å². The largest absolute Gasteiger partial charge is 0.478 e. The highest BCUT2D eigenvalue weighted by molar-refractivity contribution is 6.08. The van der Waals surface area contributed by atoms with Gasteiger partial charge < -0.3 is 20.6 Å². The van der Waals surface area contributed by atoms with Crippen molar-refractivity contribution >= 4 is 17.6 Å². The average Bonchev–Trinajstić information content (AvgIpc) is 2.76. The molecule has 0 aliphatic carbocycles. The highest BCUT2D eigenvalue weighted by Gasteiger charge is 2.26. The van der Waals surface area contributed by atoms with E-state index in [2.05, 4.69) is 9.72 Å². The number of H-pyrrole nitrogens is 1. The molecule has 6 nitrogen and oxygen atoms in total. The summed E-state index contributed by atoms with van der Waals surface area (Å²) >= 11 is 0. The number of aromatic amines is 1. The number of anilines is 1. The number of benzene rings is 1. The van der Waals surface area contributed by atoms with E-state index in [1.165, 1.54) is 7.11 Å². The highest BCUT2D eigenvalue weighted by atomic mass is 16.5. The number of nitrogens with one attached hydrogen (secondary N) is 1. The molecule has 0 saturated carbocycles. The van der Waals surface area contributed by atoms with E-state index in [1.807, 2.05) is 6.07 Å². The summed E-state index contributed by atoms with van der Waals surface area (Å²) in [5.41, 5.74) is 6.47. The van der Waals surface area contributed by atoms with Crippen molar-refractivity contribution in [2.45, 2.75) is 0 Å². The smallest absolute Gasteiger partial charge is 0.355 e. The minimum Gasteiger partial charge on any atom is -0.478 e. The number of aromatic carboxylic acids is 1. The van der Waals surface area contributed by atoms with Crippen molar-refractivity contribution in [3.8, 4) is 11.3 Å². The fourth-order valence-electron chi connectivity index (χ4n) is 1.82. The van der Waals surface area contributed by atoms with Gasteiger partial charge in [0.2, 0.25) is 0 Å². The lowest BCUT2D eigenvalue weighted by Gasteiger charge is -1.99. The van der Waals surface area contributed by atoms with Crippen LogP contribution in [0.15, 0.2) is 30.3 Å². The Hall–Kier alpha value is -2.76. The zero-order chi connectivity index (χ0) is 14.0. The Morgan fingerprint density at radius 2 is 1.89 bits per heavy atom. The quantitative estimate of drug-likeness (QED) is 0.729. The van der Waals surface area contributed by atoms with Gasteiger partial charge in [0.25, 0.3) is 0 Å². The number of carboxylic acid groups (broad SMARTS) is 1. The summed E-state index contributed by atoms with van der Waals surface area (Å²) in [7, 11) is 1.17. The number of methoxy groups -OCH3 is 1. The number of hydrogen-bond donors (Lipinski definition) is 3. The van der Waals surface area contributed by atoms with Gasteiger partial charge in [-0.1, -0.05) is 30.3 Å². The molecule has 0 spiro atoms. The van der Waals surface area contributed by atoms with Crippen molar-refractivity contribution in [3.05, 3.63) is 41.6 Å². The molecule has 0 saturated heterocycles. The molecule has 98 valence electrons. The number of hydrogen-bond acceptors (Lipinski definition) is 4. The molecule has 0 amide bonds. The van der Waals surface area contributed by atoms with Crippen LogP contribution in [0.25, 0.3) is 11.3 Å². The summed E-state index contributed by atoms with van der Waals surface area (Å²) in [6.07, 6.45) is 0. The van der Waals surface area contributed by atoms with Gasteiger partial charge in [-0.15, -0.1) is 0 Å². The highest BCUT2D eigenvalue weighted by Crippen LogP contribution is 2.30. The normalized spacial score (nSPS) is 10.2. The molecular weight excluding hydrogens is 248 g/mol. The van der Waals surface area contributed by atoms with E-state index in [0.717, 1.165) is 0 Å². The van der Waals surface area contributed by atoms with Crippen LogP contribution < -0.4 is 5.73 Å². The topological polar surface area (TPSA) is 105 Å². The fourth-order valence-corrected chi connectivity index (χ4v) is 1.82. The monoisotopic (exact) mass is 260 g/mol. The number of rotatable bonds is 3. The number of carbonyl (C=O) groups excluding carboxylic acids is 1. The van der Waals surface area contributed by atoms with Crippen LogP contribution in [0.2, 0.25) is 0 Å². The minimum atomic E-state index is -1.28. The molecule has 0 bridgehead atoms. The number of carbonyl (C=O) groups is 2. The van der Waals surface area contributed by atoms with Crippen LogP contribution in [0.4, 0.5) is 5.69 Å². The Labute approximate surface area is 108 Å². The third-order valence-corrected chi connectivity index (χ3v) is 2.70. The molecule has 0 atom stereocenters. The maximum absolute atomic E-state index is 11.6. The van der Waals surface area contributed by atoms with Crippen molar-refractivity contribution in [1.29, 1.82) is 0 Å². The van der Waals surface area contributed by atoms with Crippen molar-refractivity contribution in [3.63, 3.8) is 0 Å². The summed E-state index contributed by atoms with van der Waals surface area (Å²) in [5, 5.41) is 9.14. The summed E-state index contributed by atoms with van der Waals surface area (Å²) in [6.45, 7) is 0. The number of ether oxygens (including phenoxy) is 1. The second-order valence-corrected chi connectivity index (χ2v) is 3.83. The first kappa shape index (κ1) is 12.7. The predicted molar refractivity (Wildman–Crippen MR) is 68.9 cm³/mol. The van der Waals surface area contributed by atoms with Gasteiger partial charge in [-0.2, -0.15) is 0 Å². The lowest BCUT2D eigenvalue weighted by Crippen LogP contribution is -2.10. The van der Waals surface area contributed by atoms with Crippen molar-refractivity contribution in [1.82, 2.24) is 4.98 Å². The van der Waals surface area contributed by atoms with Gasteiger partial charge in [0.1, 0.15) is 11.3 Å². The molecule has 6 heteroatoms. The fraction of sp³-hybridized carbons (Fsp3) is 0.0769. The molecule has 0 aliphatic rings. The molecule has 2 rings (SSSR count). The van der Waals surface area contributed by atoms with E-state index in [-0.39, 0.29) is 16.9 Å². The van der Waals surface area contributed by atoms with Gasteiger partial charge in [0, 0.05) is 5.56 Å². The van der Waals surface area contributed by atoms with Gasteiger partial charge >= 0.3 is 11.9 Å². The van der Waals surface area contributed by atoms with Gasteiger partial charge in [-0.25, -0.2) is 9.59 Å². The van der Waals surface area contributed by atoms with E-state index >= 15 is 0 Å². The van der Waals surface area contributed by atoms with E-state index < -0.39 is 11.9 Å². The van der Waals surface area contributed by atoms with Gasteiger partial charge in [0.05, 0.1) is 18.5 Å². The predicted octanol–water partition coefficient (Wildman–Crippen LogP) is 1.75. The first-order valence-corrected chi connectivity index (χ1v) is 5.44. The van der Waals surface area contributed by atoms with Crippen LogP contribution in [0.5, 0.6) is 0 Å². The van der Waals surface area contributed by atoms with Gasteiger partial charge in [-0.3, -0.25) is 0 Å². The van der Waals surface area contributed by atoms with E-state index in [0.29, 0.717) is 11.3 Å². The van der Waals surface area contributed by atoms with Gasteiger partial charge in [0.15, 0.2) is 0 Å². The maximum Gasteiger partial charge on any atom is 0.355 e. The molecule has 0 unspecified atom stereocenters. The number of nitrogens with two attached hydrogens (primary N) is 1. The Morgan fingerprint density at radius 1 is 1.26 bits per heavy atom. The SMILES string of the molecule is COC(=O)c1[nH]c(-c2ccccc2)c(N)c1C(=O)O. The Kier molecular flexibility index (Phi) is 3.24. The molecule has 1 heterocycles. The van der Waals surface area contributed by atoms with Crippen LogP contribution in [-0.4, -0.2) is 29.1 Å². The zero-order valence-corrected chi connectivity index (χ0v) is 10.1. The number of esters is 1. The lowest BCUT2D eigenvalue weighted by molar-refractivity contribution is 0.0577. The lowest BCUT2D eigenvalue weighted by atomic mass is 10.1. The molecule has 4 N–H and O–H groups in total. The average molecular weight is 260 g/mol. The van der Waals surface area contributed by atoms with Crippen molar-refractivity contribution in [2.24, 2.45) is 0 Å². The van der Waals surface area contributed by atoms with E-state index in [4.69, 9.17) is 10.8 Å². The number of aromatic nitrogens is 1. The second kappa shape index (κ2) is 4.85. The second-order valence-electron chi connectivity index (χ2n) is 3.83. The molecule has 1 aromatic heterocycles. The van der Waals surface area contributed by atoms with E-state index in [9.17, 15) is 9.59 Å². The Morgan fingerprint density at radius 3 is 2.42 bits per heavy atom. The molecule has 2 aromatic rings. The molecule has 0 fully saturated rings. The summed E-state index contributed by atoms with van der Waals surface area (Å²) in [5.74, 6) is -2.05. The number of nitrogen functional groups attached to an aromatic ring is 1. The first-order chi connectivity index (χ1) is 9.06. The maximum atomic E-state index is 11.6. The molecule has 19 heavy (non-hydrogen) atoms. The minimum absolute atomic E-state index is 0.0131. The third-order valence-electron chi connectivity index (χ3n) is 2.70. The van der Waals surface area contributed by atoms with Crippen LogP contribution in [0.1, 0.15) is 20.8 Å². The van der Waals surface area contributed by atoms with Crippen LogP contribution in [0, 0.1) is 0 Å². The summed E-state index contributed by atoms with van der Waals surface area (Å²) in [4.78, 5) is 25.5. The molecule has 0 aliphatic heterocycles. The Balaban J connectivity index is 2.65. The molecular formula is C13H12N2O4. The Bertz CT molecular complexity index is 632. The van der Waals surface area contributed by atoms with Crippen molar-refractivity contribution < 1.29 is 19.4 Å². The molecule has 0 radical (unpaired) electrons.